The quantitative estimate of drug-likeness (QED) is 0.742. The van der Waals surface area contributed by atoms with E-state index in [-0.39, 0.29) is 0 Å². The highest BCUT2D eigenvalue weighted by Gasteiger charge is 2.26. The molecule has 2 heteroatoms. The van der Waals surface area contributed by atoms with Gasteiger partial charge in [0, 0.05) is 10.5 Å². The van der Waals surface area contributed by atoms with Crippen molar-refractivity contribution in [3.63, 3.8) is 0 Å². The fourth-order valence-electron chi connectivity index (χ4n) is 2.79. The molecule has 1 unspecified atom stereocenters. The molecule has 0 aliphatic heterocycles. The molecule has 0 bridgehead atoms. The maximum absolute atomic E-state index is 3.72. The standard InChI is InChI=1S/C18H22BrN/c1-2-9-20-18(10-13-3-4-13)16-6-5-15-12-17(19)8-7-14(15)11-16/h5-8,11-13,18,20H,2-4,9-10H2,1H3. The topological polar surface area (TPSA) is 12.0 Å². The molecule has 2 aromatic carbocycles. The van der Waals surface area contributed by atoms with Gasteiger partial charge in [-0.15, -0.1) is 0 Å². The van der Waals surface area contributed by atoms with Crippen molar-refractivity contribution in [2.75, 3.05) is 6.54 Å². The first kappa shape index (κ1) is 14.1. The largest absolute Gasteiger partial charge is 0.310 e. The first-order valence-electron chi connectivity index (χ1n) is 7.69. The summed E-state index contributed by atoms with van der Waals surface area (Å²) in [6, 6.07) is 14.0. The molecular formula is C18H22BrN. The third-order valence-electron chi connectivity index (χ3n) is 4.14. The first-order valence-corrected chi connectivity index (χ1v) is 8.48. The molecule has 1 nitrogen and oxygen atoms in total. The lowest BCUT2D eigenvalue weighted by atomic mass is 9.98. The lowest BCUT2D eigenvalue weighted by Gasteiger charge is -2.19. The summed E-state index contributed by atoms with van der Waals surface area (Å²) in [7, 11) is 0. The molecule has 1 saturated carbocycles. The van der Waals surface area contributed by atoms with E-state index < -0.39 is 0 Å². The Hall–Kier alpha value is -0.860. The number of nitrogens with one attached hydrogen (secondary N) is 1. The zero-order valence-electron chi connectivity index (χ0n) is 12.0. The van der Waals surface area contributed by atoms with Crippen molar-refractivity contribution in [3.8, 4) is 0 Å². The summed E-state index contributed by atoms with van der Waals surface area (Å²) in [6.07, 6.45) is 5.33. The highest BCUT2D eigenvalue weighted by atomic mass is 79.9. The third-order valence-corrected chi connectivity index (χ3v) is 4.63. The minimum atomic E-state index is 0.524. The minimum absolute atomic E-state index is 0.524. The molecule has 0 amide bonds. The number of rotatable bonds is 6. The number of halogens is 1. The SMILES string of the molecule is CCCNC(CC1CC1)c1ccc2cc(Br)ccc2c1. The second-order valence-electron chi connectivity index (χ2n) is 5.94. The Kier molecular flexibility index (Phi) is 4.42. The minimum Gasteiger partial charge on any atom is -0.310 e. The average molecular weight is 332 g/mol. The van der Waals surface area contributed by atoms with Gasteiger partial charge in [0.2, 0.25) is 0 Å². The van der Waals surface area contributed by atoms with Crippen LogP contribution in [0.25, 0.3) is 10.8 Å². The van der Waals surface area contributed by atoms with E-state index in [2.05, 4.69) is 64.6 Å². The molecule has 20 heavy (non-hydrogen) atoms. The van der Waals surface area contributed by atoms with Crippen LogP contribution in [-0.4, -0.2) is 6.54 Å². The van der Waals surface area contributed by atoms with Gasteiger partial charge in [-0.2, -0.15) is 0 Å². The maximum Gasteiger partial charge on any atom is 0.0323 e. The number of hydrogen-bond acceptors (Lipinski definition) is 1. The van der Waals surface area contributed by atoms with Crippen LogP contribution in [0, 0.1) is 5.92 Å². The van der Waals surface area contributed by atoms with Crippen LogP contribution >= 0.6 is 15.9 Å². The van der Waals surface area contributed by atoms with Crippen LogP contribution < -0.4 is 5.32 Å². The van der Waals surface area contributed by atoms with Crippen molar-refractivity contribution in [2.24, 2.45) is 5.92 Å². The molecule has 1 N–H and O–H groups in total. The van der Waals surface area contributed by atoms with Crippen molar-refractivity contribution in [3.05, 3.63) is 46.4 Å². The van der Waals surface area contributed by atoms with Crippen LogP contribution in [0.5, 0.6) is 0 Å². The highest BCUT2D eigenvalue weighted by Crippen LogP contribution is 2.38. The Morgan fingerprint density at radius 2 is 1.90 bits per heavy atom. The van der Waals surface area contributed by atoms with E-state index >= 15 is 0 Å². The molecule has 1 aliphatic carbocycles. The summed E-state index contributed by atoms with van der Waals surface area (Å²) in [4.78, 5) is 0. The van der Waals surface area contributed by atoms with Gasteiger partial charge in [-0.05, 0) is 59.8 Å². The fraction of sp³-hybridized carbons (Fsp3) is 0.444. The zero-order chi connectivity index (χ0) is 13.9. The van der Waals surface area contributed by atoms with Gasteiger partial charge in [0.05, 0.1) is 0 Å². The van der Waals surface area contributed by atoms with Crippen LogP contribution in [0.1, 0.15) is 44.2 Å². The number of benzene rings is 2. The van der Waals surface area contributed by atoms with Crippen LogP contribution in [0.4, 0.5) is 0 Å². The molecule has 2 aromatic rings. The Bertz CT molecular complexity index is 589. The van der Waals surface area contributed by atoms with E-state index in [1.165, 1.54) is 42.0 Å². The molecule has 0 spiro atoms. The van der Waals surface area contributed by atoms with E-state index in [4.69, 9.17) is 0 Å². The zero-order valence-corrected chi connectivity index (χ0v) is 13.6. The van der Waals surface area contributed by atoms with Gasteiger partial charge in [0.1, 0.15) is 0 Å². The van der Waals surface area contributed by atoms with E-state index in [9.17, 15) is 0 Å². The normalized spacial score (nSPS) is 16.5. The van der Waals surface area contributed by atoms with E-state index in [0.29, 0.717) is 6.04 Å². The van der Waals surface area contributed by atoms with Gasteiger partial charge in [-0.1, -0.05) is 53.9 Å². The number of fused-ring (bicyclic) bond motifs is 1. The van der Waals surface area contributed by atoms with Gasteiger partial charge in [0.25, 0.3) is 0 Å². The monoisotopic (exact) mass is 331 g/mol. The molecule has 0 radical (unpaired) electrons. The van der Waals surface area contributed by atoms with E-state index in [1.807, 2.05) is 0 Å². The second-order valence-corrected chi connectivity index (χ2v) is 6.85. The Balaban J connectivity index is 1.86. The predicted octanol–water partition coefficient (Wildman–Crippen LogP) is 5.44. The summed E-state index contributed by atoms with van der Waals surface area (Å²) in [6.45, 7) is 3.34. The summed E-state index contributed by atoms with van der Waals surface area (Å²) < 4.78 is 1.15. The average Bonchev–Trinajstić information content (AvgIpc) is 3.27. The molecule has 0 aromatic heterocycles. The molecule has 1 atom stereocenters. The van der Waals surface area contributed by atoms with Crippen molar-refractivity contribution in [2.45, 2.75) is 38.6 Å². The van der Waals surface area contributed by atoms with Crippen LogP contribution in [-0.2, 0) is 0 Å². The van der Waals surface area contributed by atoms with Crippen molar-refractivity contribution in [1.82, 2.24) is 5.32 Å². The van der Waals surface area contributed by atoms with E-state index in [0.717, 1.165) is 16.9 Å². The lowest BCUT2D eigenvalue weighted by Crippen LogP contribution is -2.22. The van der Waals surface area contributed by atoms with Gasteiger partial charge in [-0.3, -0.25) is 0 Å². The first-order chi connectivity index (χ1) is 9.76. The summed E-state index contributed by atoms with van der Waals surface area (Å²) >= 11 is 3.54. The van der Waals surface area contributed by atoms with Crippen LogP contribution in [0.15, 0.2) is 40.9 Å². The second kappa shape index (κ2) is 6.28. The van der Waals surface area contributed by atoms with Crippen LogP contribution in [0.3, 0.4) is 0 Å². The van der Waals surface area contributed by atoms with Gasteiger partial charge in [-0.25, -0.2) is 0 Å². The molecule has 0 heterocycles. The van der Waals surface area contributed by atoms with Gasteiger partial charge >= 0.3 is 0 Å². The fourth-order valence-corrected chi connectivity index (χ4v) is 3.17. The Morgan fingerprint density at radius 1 is 1.15 bits per heavy atom. The van der Waals surface area contributed by atoms with E-state index in [1.54, 1.807) is 0 Å². The summed E-state index contributed by atoms with van der Waals surface area (Å²) in [5.74, 6) is 0.949. The highest BCUT2D eigenvalue weighted by molar-refractivity contribution is 9.10. The number of hydrogen-bond donors (Lipinski definition) is 1. The molecule has 1 fully saturated rings. The molecular weight excluding hydrogens is 310 g/mol. The summed E-state index contributed by atoms with van der Waals surface area (Å²) in [5, 5.41) is 6.37. The maximum atomic E-state index is 3.72. The van der Waals surface area contributed by atoms with Crippen LogP contribution in [0.2, 0.25) is 0 Å². The van der Waals surface area contributed by atoms with Crippen molar-refractivity contribution in [1.29, 1.82) is 0 Å². The van der Waals surface area contributed by atoms with Crippen molar-refractivity contribution < 1.29 is 0 Å². The summed E-state index contributed by atoms with van der Waals surface area (Å²) in [5.41, 5.74) is 1.44. The van der Waals surface area contributed by atoms with Gasteiger partial charge in [0.15, 0.2) is 0 Å². The molecule has 106 valence electrons. The smallest absolute Gasteiger partial charge is 0.0323 e. The molecule has 3 rings (SSSR count). The lowest BCUT2D eigenvalue weighted by molar-refractivity contribution is 0.474. The van der Waals surface area contributed by atoms with Gasteiger partial charge < -0.3 is 5.32 Å². The molecule has 0 saturated heterocycles. The predicted molar refractivity (Wildman–Crippen MR) is 90.0 cm³/mol. The third kappa shape index (κ3) is 3.42. The van der Waals surface area contributed by atoms with Crippen molar-refractivity contribution >= 4 is 26.7 Å². The Labute approximate surface area is 129 Å². The Morgan fingerprint density at radius 3 is 2.65 bits per heavy atom. The molecule has 1 aliphatic rings.